The van der Waals surface area contributed by atoms with Crippen LogP contribution >= 0.6 is 11.6 Å². The molecule has 0 aliphatic heterocycles. The number of nitrogens with zero attached hydrogens (tertiary/aromatic N) is 5. The molecule has 3 heterocycles. The Morgan fingerprint density at radius 3 is 2.44 bits per heavy atom. The molecule has 15 heteroatoms. The molecule has 188 valence electrons. The van der Waals surface area contributed by atoms with Crippen LogP contribution in [0.5, 0.6) is 0 Å². The molecule has 36 heavy (non-hydrogen) atoms. The Kier molecular flexibility index (Phi) is 8.24. The van der Waals surface area contributed by atoms with Gasteiger partial charge in [-0.05, 0) is 37.3 Å². The molecule has 3 aromatic heterocycles. The van der Waals surface area contributed by atoms with E-state index in [1.807, 2.05) is 0 Å². The maximum atomic E-state index is 13.8. The van der Waals surface area contributed by atoms with Gasteiger partial charge in [0, 0.05) is 7.05 Å². The average Bonchev–Trinajstić information content (AvgIpc) is 2.84. The van der Waals surface area contributed by atoms with Crippen molar-refractivity contribution >= 4 is 35.0 Å². The topological polar surface area (TPSA) is 174 Å². The molecule has 2 amide bonds. The Hall–Kier alpha value is -4.43. The average molecular weight is 520 g/mol. The van der Waals surface area contributed by atoms with Crippen LogP contribution in [0, 0.1) is 11.8 Å². The highest BCUT2D eigenvalue weighted by Gasteiger charge is 2.20. The van der Waals surface area contributed by atoms with Gasteiger partial charge in [0.2, 0.25) is 5.95 Å². The van der Waals surface area contributed by atoms with Crippen molar-refractivity contribution in [2.45, 2.75) is 13.0 Å². The van der Waals surface area contributed by atoms with Crippen LogP contribution in [0.2, 0.25) is 5.15 Å². The third kappa shape index (κ3) is 6.58. The number of nitrogens with two attached hydrogens (primary N) is 2. The van der Waals surface area contributed by atoms with Crippen LogP contribution in [-0.4, -0.2) is 44.2 Å². The number of hydrazine groups is 1. The Morgan fingerprint density at radius 2 is 1.83 bits per heavy atom. The number of aromatic nitrogens is 4. The highest BCUT2D eigenvalue weighted by molar-refractivity contribution is 6.29. The first-order chi connectivity index (χ1) is 17.0. The number of amides is 2. The Bertz CT molecular complexity index is 1290. The summed E-state index contributed by atoms with van der Waals surface area (Å²) in [5.74, 6) is 3.37. The number of nitrogens with one attached hydrogen (secondary N) is 2. The molecule has 3 rings (SSSR count). The fraction of sp³-hybridized carbons (Fsp3) is 0.143. The molecule has 6 N–H and O–H groups in total. The van der Waals surface area contributed by atoms with Crippen molar-refractivity contribution in [1.29, 1.82) is 0 Å². The second kappa shape index (κ2) is 11.3. The van der Waals surface area contributed by atoms with E-state index >= 15 is 0 Å². The van der Waals surface area contributed by atoms with Gasteiger partial charge >= 0.3 is 6.09 Å². The molecule has 0 unspecified atom stereocenters. The maximum absolute atomic E-state index is 13.8. The number of carbonyl (C=O) groups excluding carboxylic acids is 2. The summed E-state index contributed by atoms with van der Waals surface area (Å²) in [5, 5.41) is 13.4. The lowest BCUT2D eigenvalue weighted by Gasteiger charge is -2.21. The van der Waals surface area contributed by atoms with Crippen LogP contribution in [0.4, 0.5) is 19.3 Å². The van der Waals surface area contributed by atoms with E-state index in [0.717, 1.165) is 11.1 Å². The fourth-order valence-electron chi connectivity index (χ4n) is 2.80. The molecule has 0 aromatic carbocycles. The van der Waals surface area contributed by atoms with Gasteiger partial charge in [-0.25, -0.2) is 20.0 Å². The van der Waals surface area contributed by atoms with Crippen molar-refractivity contribution in [3.63, 3.8) is 0 Å². The Labute approximate surface area is 208 Å². The van der Waals surface area contributed by atoms with Gasteiger partial charge in [0.05, 0.1) is 29.3 Å². The lowest BCUT2D eigenvalue weighted by Crippen LogP contribution is -2.39. The smallest absolute Gasteiger partial charge is 0.413 e. The van der Waals surface area contributed by atoms with E-state index in [4.69, 9.17) is 27.9 Å². The number of anilines is 1. The first kappa shape index (κ1) is 26.2. The third-order valence-electron chi connectivity index (χ3n) is 4.54. The molecule has 0 saturated heterocycles. The molecule has 0 radical (unpaired) electrons. The summed E-state index contributed by atoms with van der Waals surface area (Å²) in [6.45, 7) is 1.34. The predicted octanol–water partition coefficient (Wildman–Crippen LogP) is 2.33. The number of carbonyl (C=O) groups is 2. The van der Waals surface area contributed by atoms with Crippen LogP contribution in [-0.2, 0) is 4.74 Å². The molecule has 0 aliphatic rings. The second-order valence-electron chi connectivity index (χ2n) is 7.21. The van der Waals surface area contributed by atoms with Gasteiger partial charge in [0.15, 0.2) is 16.7 Å². The molecule has 1 atom stereocenters. The first-order valence-corrected chi connectivity index (χ1v) is 10.5. The van der Waals surface area contributed by atoms with E-state index in [1.165, 1.54) is 44.4 Å². The normalized spacial score (nSPS) is 12.3. The van der Waals surface area contributed by atoms with Gasteiger partial charge in [-0.15, -0.1) is 10.2 Å². The second-order valence-corrected chi connectivity index (χ2v) is 7.59. The van der Waals surface area contributed by atoms with Gasteiger partial charge < -0.3 is 15.8 Å². The SMILES string of the molecule is C[C@@H](OC(=O)N/C(=C(/N)c1ccc(NC(=O)c2ccc(Cl)nn2)cn1)N(C)N)c1cc(F)cnc1F. The molecule has 0 aliphatic carbocycles. The predicted molar refractivity (Wildman–Crippen MR) is 124 cm³/mol. The summed E-state index contributed by atoms with van der Waals surface area (Å²) >= 11 is 5.66. The van der Waals surface area contributed by atoms with E-state index in [9.17, 15) is 18.4 Å². The minimum absolute atomic E-state index is 0.0424. The van der Waals surface area contributed by atoms with Crippen LogP contribution in [0.3, 0.4) is 0 Å². The summed E-state index contributed by atoms with van der Waals surface area (Å²) in [6, 6.07) is 6.66. The summed E-state index contributed by atoms with van der Waals surface area (Å²) in [4.78, 5) is 32.0. The number of hydrogen-bond acceptors (Lipinski definition) is 10. The minimum atomic E-state index is -1.18. The highest BCUT2D eigenvalue weighted by Crippen LogP contribution is 2.20. The zero-order valence-corrected chi connectivity index (χ0v) is 19.6. The van der Waals surface area contributed by atoms with Crippen LogP contribution in [0.1, 0.15) is 34.8 Å². The highest BCUT2D eigenvalue weighted by atomic mass is 35.5. The van der Waals surface area contributed by atoms with Gasteiger partial charge in [-0.2, -0.15) is 4.39 Å². The van der Waals surface area contributed by atoms with Crippen molar-refractivity contribution in [2.24, 2.45) is 11.6 Å². The number of halogens is 3. The first-order valence-electron chi connectivity index (χ1n) is 10.1. The van der Waals surface area contributed by atoms with E-state index < -0.39 is 29.9 Å². The van der Waals surface area contributed by atoms with Crippen molar-refractivity contribution in [3.8, 4) is 0 Å². The van der Waals surface area contributed by atoms with Crippen LogP contribution in [0.25, 0.3) is 5.70 Å². The summed E-state index contributed by atoms with van der Waals surface area (Å²) < 4.78 is 32.3. The molecule has 0 bridgehead atoms. The maximum Gasteiger partial charge on any atom is 0.413 e. The van der Waals surface area contributed by atoms with Crippen molar-refractivity contribution in [1.82, 2.24) is 30.5 Å². The number of hydrogen-bond donors (Lipinski definition) is 4. The van der Waals surface area contributed by atoms with Gasteiger partial charge in [-0.3, -0.25) is 20.1 Å². The van der Waals surface area contributed by atoms with Crippen molar-refractivity contribution in [3.05, 3.63) is 82.4 Å². The molecule has 3 aromatic rings. The Balaban J connectivity index is 1.71. The lowest BCUT2D eigenvalue weighted by molar-refractivity contribution is 0.101. The number of alkyl carbamates (subject to hydrolysis) is 1. The largest absolute Gasteiger partial charge is 0.441 e. The lowest BCUT2D eigenvalue weighted by atomic mass is 10.2. The zero-order valence-electron chi connectivity index (χ0n) is 18.9. The van der Waals surface area contributed by atoms with Crippen LogP contribution < -0.4 is 22.2 Å². The van der Waals surface area contributed by atoms with Crippen molar-refractivity contribution in [2.75, 3.05) is 12.4 Å². The number of ether oxygens (including phenoxy) is 1. The minimum Gasteiger partial charge on any atom is -0.441 e. The monoisotopic (exact) mass is 519 g/mol. The molecule has 12 nitrogen and oxygen atoms in total. The number of pyridine rings is 2. The van der Waals surface area contributed by atoms with E-state index in [-0.39, 0.29) is 33.6 Å². The molecular weight excluding hydrogens is 500 g/mol. The van der Waals surface area contributed by atoms with Gasteiger partial charge in [-0.1, -0.05) is 11.6 Å². The standard InChI is InChI=1S/C21H20ClF2N9O3/c1-10(13-7-11(23)8-28-18(13)24)36-21(35)30-19(33(2)26)17(25)14-4-3-12(9-27-14)29-20(34)15-5-6-16(22)32-31-15/h3-10H,25-26H2,1-2H3,(H,29,34)(H,30,35)/b19-17-/t10-/m1/s1. The fourth-order valence-corrected chi connectivity index (χ4v) is 2.90. The summed E-state index contributed by atoms with van der Waals surface area (Å²) in [6.07, 6.45) is -0.205. The zero-order chi connectivity index (χ0) is 26.4. The summed E-state index contributed by atoms with van der Waals surface area (Å²) in [5.41, 5.74) is 6.37. The van der Waals surface area contributed by atoms with E-state index in [0.29, 0.717) is 11.9 Å². The van der Waals surface area contributed by atoms with Crippen LogP contribution in [0.15, 0.2) is 48.5 Å². The molecule has 0 fully saturated rings. The van der Waals surface area contributed by atoms with Crippen molar-refractivity contribution < 1.29 is 23.1 Å². The number of rotatable bonds is 7. The molecular formula is C21H20ClF2N9O3. The molecule has 0 spiro atoms. The Morgan fingerprint density at radius 1 is 1.11 bits per heavy atom. The van der Waals surface area contributed by atoms with Gasteiger partial charge in [0.25, 0.3) is 5.91 Å². The van der Waals surface area contributed by atoms with E-state index in [2.05, 4.69) is 30.8 Å². The van der Waals surface area contributed by atoms with Gasteiger partial charge in [0.1, 0.15) is 17.6 Å². The quantitative estimate of drug-likeness (QED) is 0.206. The third-order valence-corrected chi connectivity index (χ3v) is 4.75. The molecule has 0 saturated carbocycles. The van der Waals surface area contributed by atoms with E-state index in [1.54, 1.807) is 0 Å². The summed E-state index contributed by atoms with van der Waals surface area (Å²) in [7, 11) is 1.39.